The fraction of sp³-hybridized carbons (Fsp3) is 0.643. The zero-order valence-corrected chi connectivity index (χ0v) is 13.3. The number of nitrogens with zero attached hydrogens (tertiary/aromatic N) is 1. The van der Waals surface area contributed by atoms with Crippen molar-refractivity contribution >= 4 is 29.7 Å². The summed E-state index contributed by atoms with van der Waals surface area (Å²) in [5.74, 6) is 0.838. The Kier molecular flexibility index (Phi) is 4.94. The number of likely N-dealkylation sites (tertiary alicyclic amines) is 1. The van der Waals surface area contributed by atoms with Gasteiger partial charge in [-0.15, -0.1) is 23.7 Å². The van der Waals surface area contributed by atoms with Crippen LogP contribution in [0.2, 0.25) is 0 Å². The van der Waals surface area contributed by atoms with Crippen molar-refractivity contribution in [1.29, 1.82) is 0 Å². The SMILES string of the molecule is COc1ccsc1C(=O)N1CCC2(CCNC2)CC1.Cl. The van der Waals surface area contributed by atoms with Crippen LogP contribution in [0.5, 0.6) is 5.75 Å². The molecule has 3 heterocycles. The Labute approximate surface area is 129 Å². The van der Waals surface area contributed by atoms with Crippen molar-refractivity contribution in [2.24, 2.45) is 5.41 Å². The van der Waals surface area contributed by atoms with Gasteiger partial charge in [-0.2, -0.15) is 0 Å². The standard InChI is InChI=1S/C14H20N2O2S.ClH/c1-18-11-2-9-19-12(11)13(17)16-7-4-14(5-8-16)3-6-15-10-14;/h2,9,15H,3-8,10H2,1H3;1H. The van der Waals surface area contributed by atoms with E-state index in [-0.39, 0.29) is 18.3 Å². The van der Waals surface area contributed by atoms with Crippen LogP contribution in [0.15, 0.2) is 11.4 Å². The predicted octanol–water partition coefficient (Wildman–Crippen LogP) is 2.39. The van der Waals surface area contributed by atoms with Gasteiger partial charge in [0.2, 0.25) is 0 Å². The van der Waals surface area contributed by atoms with Crippen LogP contribution in [-0.4, -0.2) is 44.1 Å². The fourth-order valence-corrected chi connectivity index (χ4v) is 3.99. The number of methoxy groups -OCH3 is 1. The van der Waals surface area contributed by atoms with Crippen molar-refractivity contribution in [2.75, 3.05) is 33.3 Å². The minimum absolute atomic E-state index is 0. The number of rotatable bonds is 2. The average Bonchev–Trinajstić information content (AvgIpc) is 3.08. The summed E-state index contributed by atoms with van der Waals surface area (Å²) in [4.78, 5) is 15.2. The predicted molar refractivity (Wildman–Crippen MR) is 83.2 cm³/mol. The number of halogens is 1. The van der Waals surface area contributed by atoms with Crippen molar-refractivity contribution in [1.82, 2.24) is 10.2 Å². The van der Waals surface area contributed by atoms with Gasteiger partial charge in [0.1, 0.15) is 10.6 Å². The Hall–Kier alpha value is -0.780. The van der Waals surface area contributed by atoms with Gasteiger partial charge in [0.25, 0.3) is 5.91 Å². The first kappa shape index (κ1) is 15.6. The summed E-state index contributed by atoms with van der Waals surface area (Å²) in [6.07, 6.45) is 3.51. The zero-order valence-electron chi connectivity index (χ0n) is 11.7. The summed E-state index contributed by atoms with van der Waals surface area (Å²) < 4.78 is 5.24. The molecule has 1 N–H and O–H groups in total. The summed E-state index contributed by atoms with van der Waals surface area (Å²) in [6, 6.07) is 1.87. The Morgan fingerprint density at radius 3 is 2.75 bits per heavy atom. The summed E-state index contributed by atoms with van der Waals surface area (Å²) >= 11 is 1.47. The van der Waals surface area contributed by atoms with Gasteiger partial charge in [-0.1, -0.05) is 0 Å². The van der Waals surface area contributed by atoms with Crippen LogP contribution in [0.3, 0.4) is 0 Å². The van der Waals surface area contributed by atoms with E-state index in [4.69, 9.17) is 4.74 Å². The quantitative estimate of drug-likeness (QED) is 0.911. The van der Waals surface area contributed by atoms with Crippen LogP contribution in [0.25, 0.3) is 0 Å². The largest absolute Gasteiger partial charge is 0.495 e. The highest BCUT2D eigenvalue weighted by atomic mass is 35.5. The Balaban J connectivity index is 0.00000147. The van der Waals surface area contributed by atoms with Gasteiger partial charge in [-0.05, 0) is 42.7 Å². The number of carbonyl (C=O) groups excluding carboxylic acids is 1. The van der Waals surface area contributed by atoms with Crippen molar-refractivity contribution in [3.05, 3.63) is 16.3 Å². The van der Waals surface area contributed by atoms with E-state index in [1.807, 2.05) is 16.3 Å². The first-order valence-corrected chi connectivity index (χ1v) is 7.74. The smallest absolute Gasteiger partial charge is 0.267 e. The molecule has 2 saturated heterocycles. The zero-order chi connectivity index (χ0) is 13.3. The number of nitrogens with one attached hydrogen (secondary N) is 1. The molecule has 2 fully saturated rings. The molecule has 4 nitrogen and oxygen atoms in total. The van der Waals surface area contributed by atoms with E-state index < -0.39 is 0 Å². The number of hydrogen-bond acceptors (Lipinski definition) is 4. The monoisotopic (exact) mass is 316 g/mol. The molecule has 0 aromatic carbocycles. The lowest BCUT2D eigenvalue weighted by Gasteiger charge is -2.38. The second kappa shape index (κ2) is 6.33. The van der Waals surface area contributed by atoms with Crippen LogP contribution in [0, 0.1) is 5.41 Å². The number of hydrogen-bond donors (Lipinski definition) is 1. The number of amides is 1. The summed E-state index contributed by atoms with van der Waals surface area (Å²) in [6.45, 7) is 4.01. The topological polar surface area (TPSA) is 41.6 Å². The number of carbonyl (C=O) groups is 1. The molecular formula is C14H21ClN2O2S. The van der Waals surface area contributed by atoms with Gasteiger partial charge >= 0.3 is 0 Å². The van der Waals surface area contributed by atoms with Crippen molar-refractivity contribution in [2.45, 2.75) is 19.3 Å². The maximum atomic E-state index is 12.5. The molecule has 1 aromatic rings. The summed E-state index contributed by atoms with van der Waals surface area (Å²) in [7, 11) is 1.62. The minimum Gasteiger partial charge on any atom is -0.495 e. The summed E-state index contributed by atoms with van der Waals surface area (Å²) in [5, 5.41) is 5.37. The van der Waals surface area contributed by atoms with Crippen LogP contribution < -0.4 is 10.1 Å². The molecular weight excluding hydrogens is 296 g/mol. The first-order valence-electron chi connectivity index (χ1n) is 6.86. The minimum atomic E-state index is 0. The molecule has 0 bridgehead atoms. The molecule has 0 saturated carbocycles. The third-order valence-corrected chi connectivity index (χ3v) is 5.37. The maximum absolute atomic E-state index is 12.5. The van der Waals surface area contributed by atoms with E-state index in [1.54, 1.807) is 7.11 Å². The van der Waals surface area contributed by atoms with Gasteiger partial charge in [-0.25, -0.2) is 0 Å². The Bertz CT molecular complexity index is 461. The highest BCUT2D eigenvalue weighted by Crippen LogP contribution is 2.38. The second-order valence-electron chi connectivity index (χ2n) is 5.54. The fourth-order valence-electron chi connectivity index (χ4n) is 3.16. The average molecular weight is 317 g/mol. The summed E-state index contributed by atoms with van der Waals surface area (Å²) in [5.41, 5.74) is 0.455. The first-order chi connectivity index (χ1) is 9.24. The van der Waals surface area contributed by atoms with Gasteiger partial charge in [0, 0.05) is 19.6 Å². The molecule has 6 heteroatoms. The van der Waals surface area contributed by atoms with E-state index in [0.717, 1.165) is 43.9 Å². The molecule has 2 aliphatic rings. The van der Waals surface area contributed by atoms with Crippen molar-refractivity contribution in [3.8, 4) is 5.75 Å². The molecule has 3 rings (SSSR count). The number of thiophene rings is 1. The van der Waals surface area contributed by atoms with Gasteiger partial charge < -0.3 is 15.0 Å². The molecule has 1 amide bonds. The second-order valence-corrected chi connectivity index (χ2v) is 6.45. The van der Waals surface area contributed by atoms with E-state index in [1.165, 1.54) is 17.8 Å². The van der Waals surface area contributed by atoms with Crippen LogP contribution in [0.4, 0.5) is 0 Å². The molecule has 0 radical (unpaired) electrons. The lowest BCUT2D eigenvalue weighted by Crippen LogP contribution is -2.43. The van der Waals surface area contributed by atoms with Gasteiger partial charge in [-0.3, -0.25) is 4.79 Å². The molecule has 0 atom stereocenters. The number of ether oxygens (including phenoxy) is 1. The Morgan fingerprint density at radius 2 is 2.15 bits per heavy atom. The molecule has 1 spiro atoms. The Morgan fingerprint density at radius 1 is 1.40 bits per heavy atom. The van der Waals surface area contributed by atoms with E-state index in [9.17, 15) is 4.79 Å². The molecule has 2 aliphatic heterocycles. The highest BCUT2D eigenvalue weighted by Gasteiger charge is 2.38. The normalized spacial score (nSPS) is 20.8. The highest BCUT2D eigenvalue weighted by molar-refractivity contribution is 7.12. The van der Waals surface area contributed by atoms with Gasteiger partial charge in [0.05, 0.1) is 7.11 Å². The third kappa shape index (κ3) is 2.80. The lowest BCUT2D eigenvalue weighted by molar-refractivity contribution is 0.0609. The third-order valence-electron chi connectivity index (χ3n) is 4.49. The maximum Gasteiger partial charge on any atom is 0.267 e. The van der Waals surface area contributed by atoms with E-state index >= 15 is 0 Å². The van der Waals surface area contributed by atoms with Crippen molar-refractivity contribution < 1.29 is 9.53 Å². The van der Waals surface area contributed by atoms with Crippen LogP contribution in [-0.2, 0) is 0 Å². The lowest BCUT2D eigenvalue weighted by atomic mass is 9.78. The van der Waals surface area contributed by atoms with E-state index in [0.29, 0.717) is 11.2 Å². The van der Waals surface area contributed by atoms with Gasteiger partial charge in [0.15, 0.2) is 0 Å². The van der Waals surface area contributed by atoms with Crippen molar-refractivity contribution in [3.63, 3.8) is 0 Å². The molecule has 112 valence electrons. The van der Waals surface area contributed by atoms with Crippen LogP contribution >= 0.6 is 23.7 Å². The molecule has 1 aromatic heterocycles. The molecule has 0 aliphatic carbocycles. The number of piperidine rings is 1. The molecule has 20 heavy (non-hydrogen) atoms. The van der Waals surface area contributed by atoms with E-state index in [2.05, 4.69) is 5.32 Å². The molecule has 0 unspecified atom stereocenters. The van der Waals surface area contributed by atoms with Crippen LogP contribution in [0.1, 0.15) is 28.9 Å².